The zero-order valence-electron chi connectivity index (χ0n) is 10.7. The van der Waals surface area contributed by atoms with E-state index in [0.717, 1.165) is 37.9 Å². The number of hydrogen-bond acceptors (Lipinski definition) is 3. The van der Waals surface area contributed by atoms with Crippen LogP contribution >= 0.6 is 11.8 Å². The highest BCUT2D eigenvalue weighted by atomic mass is 32.2. The van der Waals surface area contributed by atoms with E-state index in [-0.39, 0.29) is 6.42 Å². The van der Waals surface area contributed by atoms with Crippen LogP contribution in [-0.2, 0) is 9.59 Å². The minimum absolute atomic E-state index is 0.246. The second-order valence-corrected chi connectivity index (χ2v) is 5.39. The van der Waals surface area contributed by atoms with Gasteiger partial charge in [0.2, 0.25) is 0 Å². The van der Waals surface area contributed by atoms with Crippen LogP contribution in [0.1, 0.15) is 64.7 Å². The fourth-order valence-electron chi connectivity index (χ4n) is 1.51. The first kappa shape index (κ1) is 16.5. The Morgan fingerprint density at radius 1 is 0.941 bits per heavy atom. The highest BCUT2D eigenvalue weighted by Crippen LogP contribution is 2.13. The molecule has 0 fully saturated rings. The Labute approximate surface area is 108 Å². The van der Waals surface area contributed by atoms with Gasteiger partial charge in [0.1, 0.15) is 0 Å². The molecule has 100 valence electrons. The molecule has 4 heteroatoms. The van der Waals surface area contributed by atoms with Gasteiger partial charge in [-0.05, 0) is 19.3 Å². The standard InChI is InChI=1S/C13H24O3S/c1-2-3-4-7-10-13(16)17-11-8-5-6-9-12(14)15/h2-11H2,1H3,(H,14,15). The smallest absolute Gasteiger partial charge is 0.303 e. The van der Waals surface area contributed by atoms with E-state index in [1.54, 1.807) is 0 Å². The number of rotatable bonds is 11. The number of carboxylic acids is 1. The van der Waals surface area contributed by atoms with Crippen LogP contribution in [0.4, 0.5) is 0 Å². The molecule has 0 bridgehead atoms. The Balaban J connectivity index is 3.19. The van der Waals surface area contributed by atoms with Crippen molar-refractivity contribution in [1.82, 2.24) is 0 Å². The molecule has 0 heterocycles. The number of thioether (sulfide) groups is 1. The second kappa shape index (κ2) is 12.0. The Kier molecular flexibility index (Phi) is 11.6. The molecule has 0 aromatic heterocycles. The Morgan fingerprint density at radius 2 is 1.59 bits per heavy atom. The van der Waals surface area contributed by atoms with Crippen LogP contribution in [0.2, 0.25) is 0 Å². The van der Waals surface area contributed by atoms with Gasteiger partial charge in [0.05, 0.1) is 0 Å². The molecule has 1 N–H and O–H groups in total. The van der Waals surface area contributed by atoms with E-state index >= 15 is 0 Å². The van der Waals surface area contributed by atoms with Crippen molar-refractivity contribution < 1.29 is 14.7 Å². The van der Waals surface area contributed by atoms with Crippen LogP contribution in [-0.4, -0.2) is 21.9 Å². The molecular weight excluding hydrogens is 236 g/mol. The fraction of sp³-hybridized carbons (Fsp3) is 0.846. The minimum atomic E-state index is -0.732. The maximum absolute atomic E-state index is 11.4. The van der Waals surface area contributed by atoms with Gasteiger partial charge in [-0.15, -0.1) is 0 Å². The largest absolute Gasteiger partial charge is 0.481 e. The summed E-state index contributed by atoms with van der Waals surface area (Å²) in [7, 11) is 0. The van der Waals surface area contributed by atoms with E-state index in [9.17, 15) is 9.59 Å². The topological polar surface area (TPSA) is 54.4 Å². The van der Waals surface area contributed by atoms with Gasteiger partial charge in [-0.1, -0.05) is 44.4 Å². The van der Waals surface area contributed by atoms with Crippen molar-refractivity contribution >= 4 is 22.8 Å². The Hall–Kier alpha value is -0.510. The molecular formula is C13H24O3S. The van der Waals surface area contributed by atoms with Gasteiger partial charge >= 0.3 is 5.97 Å². The van der Waals surface area contributed by atoms with Crippen LogP contribution < -0.4 is 0 Å². The van der Waals surface area contributed by atoms with E-state index in [4.69, 9.17) is 5.11 Å². The summed E-state index contributed by atoms with van der Waals surface area (Å²) in [6.45, 7) is 2.16. The van der Waals surface area contributed by atoms with Gasteiger partial charge in [-0.25, -0.2) is 0 Å². The molecule has 0 unspecified atom stereocenters. The molecule has 0 aromatic rings. The SMILES string of the molecule is CCCCCCC(=O)SCCCCCC(=O)O. The average Bonchev–Trinajstić information content (AvgIpc) is 2.29. The third-order valence-electron chi connectivity index (χ3n) is 2.53. The third-order valence-corrected chi connectivity index (χ3v) is 3.55. The molecule has 17 heavy (non-hydrogen) atoms. The van der Waals surface area contributed by atoms with Gasteiger partial charge in [-0.3, -0.25) is 9.59 Å². The second-order valence-electron chi connectivity index (χ2n) is 4.24. The van der Waals surface area contributed by atoms with Gasteiger partial charge < -0.3 is 5.11 Å². The van der Waals surface area contributed by atoms with Gasteiger partial charge in [0, 0.05) is 18.6 Å². The molecule has 0 radical (unpaired) electrons. The lowest BCUT2D eigenvalue weighted by Gasteiger charge is -2.01. The van der Waals surface area contributed by atoms with Crippen LogP contribution in [0.3, 0.4) is 0 Å². The quantitative estimate of drug-likeness (QED) is 0.573. The maximum Gasteiger partial charge on any atom is 0.303 e. The number of carbonyl (C=O) groups excluding carboxylic acids is 1. The van der Waals surface area contributed by atoms with Crippen LogP contribution in [0, 0.1) is 0 Å². The maximum atomic E-state index is 11.4. The summed E-state index contributed by atoms with van der Waals surface area (Å²) in [6.07, 6.45) is 8.09. The van der Waals surface area contributed by atoms with Crippen molar-refractivity contribution in [2.75, 3.05) is 5.75 Å². The predicted molar refractivity (Wildman–Crippen MR) is 72.3 cm³/mol. The molecule has 0 saturated heterocycles. The van der Waals surface area contributed by atoms with E-state index in [1.807, 2.05) is 0 Å². The minimum Gasteiger partial charge on any atom is -0.481 e. The normalized spacial score (nSPS) is 10.4. The molecule has 0 atom stereocenters. The summed E-state index contributed by atoms with van der Waals surface area (Å²) >= 11 is 1.41. The molecule has 0 aliphatic carbocycles. The van der Waals surface area contributed by atoms with Crippen molar-refractivity contribution in [3.63, 3.8) is 0 Å². The number of carbonyl (C=O) groups is 2. The summed E-state index contributed by atoms with van der Waals surface area (Å²) in [5, 5.41) is 8.73. The number of unbranched alkanes of at least 4 members (excludes halogenated alkanes) is 5. The summed E-state index contributed by atoms with van der Waals surface area (Å²) in [5.74, 6) is 0.108. The van der Waals surface area contributed by atoms with Crippen molar-refractivity contribution in [3.8, 4) is 0 Å². The molecule has 0 rings (SSSR count). The van der Waals surface area contributed by atoms with E-state index < -0.39 is 5.97 Å². The predicted octanol–water partition coefficient (Wildman–Crippen LogP) is 3.86. The van der Waals surface area contributed by atoms with Gasteiger partial charge in [0.25, 0.3) is 0 Å². The first-order valence-corrected chi connectivity index (χ1v) is 7.52. The number of carboxylic acid groups (broad SMARTS) is 1. The van der Waals surface area contributed by atoms with Crippen molar-refractivity contribution in [2.24, 2.45) is 0 Å². The van der Waals surface area contributed by atoms with Gasteiger partial charge in [0.15, 0.2) is 5.12 Å². The van der Waals surface area contributed by atoms with Crippen molar-refractivity contribution in [3.05, 3.63) is 0 Å². The van der Waals surface area contributed by atoms with Crippen LogP contribution in [0.15, 0.2) is 0 Å². The molecule has 0 amide bonds. The monoisotopic (exact) mass is 260 g/mol. The molecule has 0 aromatic carbocycles. The van der Waals surface area contributed by atoms with E-state index in [0.29, 0.717) is 11.5 Å². The summed E-state index contributed by atoms with van der Waals surface area (Å²) in [5.41, 5.74) is 0. The summed E-state index contributed by atoms with van der Waals surface area (Å²) in [4.78, 5) is 21.7. The molecule has 0 aliphatic heterocycles. The van der Waals surface area contributed by atoms with E-state index in [2.05, 4.69) is 6.92 Å². The lowest BCUT2D eigenvalue weighted by Crippen LogP contribution is -1.96. The molecule has 0 aliphatic rings. The fourth-order valence-corrected chi connectivity index (χ4v) is 2.37. The zero-order valence-corrected chi connectivity index (χ0v) is 11.6. The molecule has 0 spiro atoms. The van der Waals surface area contributed by atoms with Gasteiger partial charge in [-0.2, -0.15) is 0 Å². The third kappa shape index (κ3) is 13.4. The Morgan fingerprint density at radius 3 is 2.24 bits per heavy atom. The lowest BCUT2D eigenvalue weighted by molar-refractivity contribution is -0.137. The summed E-state index contributed by atoms with van der Waals surface area (Å²) < 4.78 is 0. The van der Waals surface area contributed by atoms with Crippen molar-refractivity contribution in [2.45, 2.75) is 64.7 Å². The Bertz CT molecular complexity index is 217. The van der Waals surface area contributed by atoms with Crippen LogP contribution in [0.5, 0.6) is 0 Å². The first-order valence-electron chi connectivity index (χ1n) is 6.54. The highest BCUT2D eigenvalue weighted by molar-refractivity contribution is 8.13. The lowest BCUT2D eigenvalue weighted by atomic mass is 10.2. The zero-order chi connectivity index (χ0) is 12.9. The number of aliphatic carboxylic acids is 1. The number of hydrogen-bond donors (Lipinski definition) is 1. The average molecular weight is 260 g/mol. The van der Waals surface area contributed by atoms with Crippen LogP contribution in [0.25, 0.3) is 0 Å². The first-order chi connectivity index (χ1) is 8.16. The highest BCUT2D eigenvalue weighted by Gasteiger charge is 2.02. The van der Waals surface area contributed by atoms with E-state index in [1.165, 1.54) is 24.6 Å². The molecule has 3 nitrogen and oxygen atoms in total. The molecule has 0 saturated carbocycles. The summed E-state index contributed by atoms with van der Waals surface area (Å²) in [6, 6.07) is 0. The van der Waals surface area contributed by atoms with Crippen molar-refractivity contribution in [1.29, 1.82) is 0 Å².